The van der Waals surface area contributed by atoms with Gasteiger partial charge in [-0.2, -0.15) is 0 Å². The van der Waals surface area contributed by atoms with E-state index in [1.54, 1.807) is 0 Å². The molecule has 4 rings (SSSR count). The molecule has 0 radical (unpaired) electrons. The number of benzene rings is 3. The molecule has 1 unspecified atom stereocenters. The highest BCUT2D eigenvalue weighted by Gasteiger charge is 2.17. The third kappa shape index (κ3) is 2.05. The molecule has 1 aromatic heterocycles. The smallest absolute Gasteiger partial charge is 0.105 e. The maximum atomic E-state index is 11.0. The summed E-state index contributed by atoms with van der Waals surface area (Å²) in [4.78, 5) is 4.70. The molecule has 0 aliphatic rings. The molecule has 0 aliphatic carbocycles. The van der Waals surface area contributed by atoms with E-state index in [1.165, 1.54) is 0 Å². The van der Waals surface area contributed by atoms with Crippen molar-refractivity contribution in [1.82, 2.24) is 4.98 Å². The van der Waals surface area contributed by atoms with E-state index < -0.39 is 6.10 Å². The van der Waals surface area contributed by atoms with Crippen molar-refractivity contribution >= 4 is 21.8 Å². The third-order valence-corrected chi connectivity index (χ3v) is 4.02. The number of aliphatic hydroxyl groups excluding tert-OH is 1. The minimum atomic E-state index is -0.668. The highest BCUT2D eigenvalue weighted by molar-refractivity contribution is 5.98. The molecular weight excluding hydrogens is 270 g/mol. The van der Waals surface area contributed by atoms with Gasteiger partial charge in [0.2, 0.25) is 0 Å². The lowest BCUT2D eigenvalue weighted by atomic mass is 9.94. The van der Waals surface area contributed by atoms with Gasteiger partial charge in [-0.15, -0.1) is 0 Å². The Kier molecular flexibility index (Phi) is 3.10. The summed E-state index contributed by atoms with van der Waals surface area (Å²) in [6, 6.07) is 25.7. The summed E-state index contributed by atoms with van der Waals surface area (Å²) in [6.07, 6.45) is -0.668. The largest absolute Gasteiger partial charge is 0.384 e. The van der Waals surface area contributed by atoms with E-state index in [4.69, 9.17) is 4.98 Å². The second-order valence-electron chi connectivity index (χ2n) is 5.37. The minimum absolute atomic E-state index is 0.668. The zero-order chi connectivity index (χ0) is 14.9. The van der Waals surface area contributed by atoms with Gasteiger partial charge >= 0.3 is 0 Å². The van der Waals surface area contributed by atoms with Crippen molar-refractivity contribution in [2.24, 2.45) is 0 Å². The van der Waals surface area contributed by atoms with Crippen molar-refractivity contribution in [3.63, 3.8) is 0 Å². The van der Waals surface area contributed by atoms with Gasteiger partial charge in [0.15, 0.2) is 0 Å². The van der Waals surface area contributed by atoms with Crippen LogP contribution in [0.5, 0.6) is 0 Å². The molecule has 2 nitrogen and oxygen atoms in total. The lowest BCUT2D eigenvalue weighted by molar-refractivity contribution is 0.223. The Hall–Kier alpha value is -2.71. The van der Waals surface area contributed by atoms with Crippen LogP contribution in [0.15, 0.2) is 78.9 Å². The number of hydrogen-bond acceptors (Lipinski definition) is 2. The molecule has 1 heterocycles. The van der Waals surface area contributed by atoms with Gasteiger partial charge in [-0.3, -0.25) is 0 Å². The van der Waals surface area contributed by atoms with Crippen molar-refractivity contribution in [1.29, 1.82) is 0 Å². The first-order valence-corrected chi connectivity index (χ1v) is 7.35. The Bertz CT molecular complexity index is 893. The summed E-state index contributed by atoms with van der Waals surface area (Å²) in [5.41, 5.74) is 3.63. The van der Waals surface area contributed by atoms with E-state index in [9.17, 15) is 5.11 Å². The summed E-state index contributed by atoms with van der Waals surface area (Å²) in [7, 11) is 0. The second-order valence-corrected chi connectivity index (χ2v) is 5.37. The molecule has 0 saturated heterocycles. The van der Waals surface area contributed by atoms with Crippen LogP contribution < -0.4 is 0 Å². The van der Waals surface area contributed by atoms with Crippen LogP contribution in [0.4, 0.5) is 0 Å². The van der Waals surface area contributed by atoms with E-state index in [1.807, 2.05) is 78.9 Å². The van der Waals surface area contributed by atoms with Crippen LogP contribution in [0.25, 0.3) is 21.8 Å². The topological polar surface area (TPSA) is 33.1 Å². The van der Waals surface area contributed by atoms with Gasteiger partial charge in [0, 0.05) is 16.3 Å². The normalized spacial score (nSPS) is 12.6. The minimum Gasteiger partial charge on any atom is -0.384 e. The lowest BCUT2D eigenvalue weighted by Crippen LogP contribution is -2.02. The fourth-order valence-corrected chi connectivity index (χ4v) is 2.97. The van der Waals surface area contributed by atoms with E-state index in [0.717, 1.165) is 32.9 Å². The Labute approximate surface area is 128 Å². The Morgan fingerprint density at radius 1 is 0.636 bits per heavy atom. The third-order valence-electron chi connectivity index (χ3n) is 4.02. The maximum absolute atomic E-state index is 11.0. The van der Waals surface area contributed by atoms with E-state index in [2.05, 4.69) is 0 Å². The van der Waals surface area contributed by atoms with Crippen LogP contribution in [0.2, 0.25) is 0 Å². The van der Waals surface area contributed by atoms with E-state index in [0.29, 0.717) is 0 Å². The number of hydrogen-bond donors (Lipinski definition) is 1. The number of rotatable bonds is 2. The predicted molar refractivity (Wildman–Crippen MR) is 89.8 cm³/mol. The number of pyridine rings is 1. The van der Waals surface area contributed by atoms with Gasteiger partial charge in [0.25, 0.3) is 0 Å². The molecule has 0 saturated carbocycles. The van der Waals surface area contributed by atoms with Gasteiger partial charge in [0.05, 0.1) is 11.0 Å². The number of nitrogens with zero attached hydrogens (tertiary/aromatic N) is 1. The molecule has 0 aliphatic heterocycles. The van der Waals surface area contributed by atoms with Gasteiger partial charge in [-0.1, -0.05) is 66.7 Å². The molecule has 106 valence electrons. The number of para-hydroxylation sites is 2. The fraction of sp³-hybridized carbons (Fsp3) is 0.0500. The van der Waals surface area contributed by atoms with Gasteiger partial charge in [0.1, 0.15) is 6.10 Å². The van der Waals surface area contributed by atoms with Crippen LogP contribution in [-0.2, 0) is 0 Å². The van der Waals surface area contributed by atoms with Crippen molar-refractivity contribution in [3.8, 4) is 0 Å². The van der Waals surface area contributed by atoms with E-state index >= 15 is 0 Å². The molecule has 0 spiro atoms. The maximum Gasteiger partial charge on any atom is 0.105 e. The number of aliphatic hydroxyl groups is 1. The molecule has 0 amide bonds. The zero-order valence-corrected chi connectivity index (χ0v) is 12.0. The summed E-state index contributed by atoms with van der Waals surface area (Å²) in [5.74, 6) is 0. The van der Waals surface area contributed by atoms with Crippen molar-refractivity contribution < 1.29 is 5.11 Å². The highest BCUT2D eigenvalue weighted by atomic mass is 16.3. The average molecular weight is 285 g/mol. The monoisotopic (exact) mass is 285 g/mol. The molecule has 1 N–H and O–H groups in total. The summed E-state index contributed by atoms with van der Waals surface area (Å²) in [6.45, 7) is 0. The van der Waals surface area contributed by atoms with Crippen LogP contribution in [0.1, 0.15) is 17.2 Å². The number of fused-ring (bicyclic) bond motifs is 2. The molecule has 3 aromatic carbocycles. The summed E-state index contributed by atoms with van der Waals surface area (Å²) in [5, 5.41) is 13.0. The summed E-state index contributed by atoms with van der Waals surface area (Å²) >= 11 is 0. The first-order chi connectivity index (χ1) is 10.8. The molecule has 2 heteroatoms. The Morgan fingerprint density at radius 3 is 1.73 bits per heavy atom. The zero-order valence-electron chi connectivity index (χ0n) is 12.0. The summed E-state index contributed by atoms with van der Waals surface area (Å²) < 4.78 is 0. The average Bonchev–Trinajstić information content (AvgIpc) is 2.60. The van der Waals surface area contributed by atoms with Gasteiger partial charge in [-0.25, -0.2) is 4.98 Å². The lowest BCUT2D eigenvalue weighted by Gasteiger charge is -2.17. The standard InChI is InChI=1S/C20H15NO/c22-20(14-8-2-1-3-9-14)19-15-10-4-6-12-17(15)21-18-13-7-5-11-16(18)19/h1-13,20,22H. The molecule has 0 fully saturated rings. The van der Waals surface area contributed by atoms with Crippen LogP contribution in [-0.4, -0.2) is 10.1 Å². The molecule has 1 atom stereocenters. The predicted octanol–water partition coefficient (Wildman–Crippen LogP) is 4.47. The van der Waals surface area contributed by atoms with Crippen LogP contribution >= 0.6 is 0 Å². The second kappa shape index (κ2) is 5.24. The molecule has 0 bridgehead atoms. The quantitative estimate of drug-likeness (QED) is 0.551. The molecular formula is C20H15NO. The highest BCUT2D eigenvalue weighted by Crippen LogP contribution is 2.33. The first-order valence-electron chi connectivity index (χ1n) is 7.35. The first kappa shape index (κ1) is 13.0. The number of aromatic nitrogens is 1. The molecule has 4 aromatic rings. The van der Waals surface area contributed by atoms with Crippen LogP contribution in [0.3, 0.4) is 0 Å². The SMILES string of the molecule is OC(c1ccccc1)c1c2ccccc2nc2ccccc12. The van der Waals surface area contributed by atoms with Crippen molar-refractivity contribution in [3.05, 3.63) is 90.0 Å². The van der Waals surface area contributed by atoms with Crippen molar-refractivity contribution in [2.45, 2.75) is 6.10 Å². The Morgan fingerprint density at radius 2 is 1.14 bits per heavy atom. The van der Waals surface area contributed by atoms with Gasteiger partial charge in [-0.05, 0) is 17.7 Å². The Balaban J connectivity index is 2.08. The molecule has 22 heavy (non-hydrogen) atoms. The van der Waals surface area contributed by atoms with Gasteiger partial charge < -0.3 is 5.11 Å². The van der Waals surface area contributed by atoms with Crippen molar-refractivity contribution in [2.75, 3.05) is 0 Å². The fourth-order valence-electron chi connectivity index (χ4n) is 2.97. The van der Waals surface area contributed by atoms with E-state index in [-0.39, 0.29) is 0 Å². The van der Waals surface area contributed by atoms with Crippen LogP contribution in [0, 0.1) is 0 Å².